The lowest BCUT2D eigenvalue weighted by atomic mass is 10.0. The van der Waals surface area contributed by atoms with Crippen molar-refractivity contribution in [1.29, 1.82) is 0 Å². The van der Waals surface area contributed by atoms with E-state index in [1.165, 1.54) is 28.4 Å². The molecule has 3 aromatic carbocycles. The molecule has 0 spiro atoms. The zero-order chi connectivity index (χ0) is 30.6. The lowest BCUT2D eigenvalue weighted by molar-refractivity contribution is -0.154. The van der Waals surface area contributed by atoms with Crippen LogP contribution in [0.4, 0.5) is 0 Å². The molecule has 0 saturated carbocycles. The molecule has 1 saturated heterocycles. The number of carbonyl (C=O) groups is 4. The second-order valence-corrected chi connectivity index (χ2v) is 12.8. The average molecular weight is 647 g/mol. The topological polar surface area (TPSA) is 102 Å². The van der Waals surface area contributed by atoms with Gasteiger partial charge in [-0.15, -0.1) is 23.5 Å². The predicted octanol–water partition coefficient (Wildman–Crippen LogP) is 4.96. The molecule has 2 atom stereocenters. The van der Waals surface area contributed by atoms with Crippen LogP contribution < -0.4 is 5.32 Å². The van der Waals surface area contributed by atoms with Crippen LogP contribution in [-0.4, -0.2) is 58.2 Å². The van der Waals surface area contributed by atoms with Gasteiger partial charge in [0.15, 0.2) is 6.10 Å². The van der Waals surface area contributed by atoms with Crippen LogP contribution in [-0.2, 0) is 35.1 Å². The molecule has 1 N–H and O–H groups in total. The molecule has 0 aliphatic carbocycles. The number of carbonyl (C=O) groups excluding carboxylic acids is 4. The highest BCUT2D eigenvalue weighted by Crippen LogP contribution is 2.43. The van der Waals surface area contributed by atoms with E-state index in [1.54, 1.807) is 0 Å². The summed E-state index contributed by atoms with van der Waals surface area (Å²) in [6.45, 7) is 0.0629. The Kier molecular flexibility index (Phi) is 9.11. The number of hydrogen-bond donors (Lipinski definition) is 1. The molecule has 0 radical (unpaired) electrons. The van der Waals surface area contributed by atoms with Gasteiger partial charge in [-0.25, -0.2) is 9.59 Å². The number of ether oxygens (including phenoxy) is 2. The Bertz CT molecular complexity index is 1610. The fourth-order valence-corrected chi connectivity index (χ4v) is 7.87. The molecule has 3 heterocycles. The third kappa shape index (κ3) is 6.29. The van der Waals surface area contributed by atoms with Gasteiger partial charge in [-0.3, -0.25) is 14.5 Å². The van der Waals surface area contributed by atoms with Crippen LogP contribution in [0.5, 0.6) is 0 Å². The van der Waals surface area contributed by atoms with Gasteiger partial charge in [0.1, 0.15) is 28.8 Å². The Morgan fingerprint density at radius 2 is 1.59 bits per heavy atom. The summed E-state index contributed by atoms with van der Waals surface area (Å²) in [6.07, 6.45) is -0.573. The molecular weight excluding hydrogens is 620 g/mol. The number of fused-ring (bicyclic) bond motifs is 1. The number of esters is 2. The number of nitrogens with one attached hydrogen (secondary N) is 1. The first kappa shape index (κ1) is 30.1. The van der Waals surface area contributed by atoms with Crippen LogP contribution in [0.1, 0.15) is 22.8 Å². The Hall–Kier alpha value is -3.99. The van der Waals surface area contributed by atoms with E-state index >= 15 is 0 Å². The first-order valence-electron chi connectivity index (χ1n) is 13.9. The molecular formula is C33H27ClN2O6S2. The van der Waals surface area contributed by atoms with Crippen LogP contribution in [0.3, 0.4) is 0 Å². The molecule has 224 valence electrons. The van der Waals surface area contributed by atoms with Gasteiger partial charge in [-0.2, -0.15) is 0 Å². The molecule has 2 amide bonds. The summed E-state index contributed by atoms with van der Waals surface area (Å²) in [4.78, 5) is 54.3. The Morgan fingerprint density at radius 3 is 2.18 bits per heavy atom. The quantitative estimate of drug-likeness (QED) is 0.244. The number of rotatable bonds is 10. The van der Waals surface area contributed by atoms with Crippen LogP contribution >= 0.6 is 35.1 Å². The fourth-order valence-electron chi connectivity index (χ4n) is 5.19. The van der Waals surface area contributed by atoms with Crippen LogP contribution in [0, 0.1) is 0 Å². The number of benzene rings is 3. The number of halogens is 1. The lowest BCUT2D eigenvalue weighted by Gasteiger charge is -2.50. The van der Waals surface area contributed by atoms with Crippen LogP contribution in [0.2, 0.25) is 0 Å². The molecule has 1 fully saturated rings. The normalized spacial score (nSPS) is 19.5. The molecule has 0 bridgehead atoms. The third-order valence-electron chi connectivity index (χ3n) is 7.37. The summed E-state index contributed by atoms with van der Waals surface area (Å²) in [6, 6.07) is 27.3. The van der Waals surface area contributed by atoms with E-state index in [0.717, 1.165) is 16.7 Å². The highest BCUT2D eigenvalue weighted by Gasteiger charge is 2.54. The molecule has 0 aromatic heterocycles. The standard InChI is InChI=1S/C33H27ClN2O6S2/c34-26-24(17-41-32(26)39)43-18-23-19-44-31-27(35-25(37)16-20-10-4-1-5-11-20)30(38)36(31)28(23)33(40)42-29(21-12-6-2-7-13-21)22-14-8-3-9-15-22/h1-15,27,29,31H,16-19H2,(H,35,37)/t27-,31+/m1/s1. The van der Waals surface area contributed by atoms with E-state index < -0.39 is 29.5 Å². The predicted molar refractivity (Wildman–Crippen MR) is 169 cm³/mol. The minimum absolute atomic E-state index is 0.0236. The molecule has 11 heteroatoms. The van der Waals surface area contributed by atoms with Crippen molar-refractivity contribution >= 4 is 58.9 Å². The van der Waals surface area contributed by atoms with E-state index in [9.17, 15) is 19.2 Å². The Balaban J connectivity index is 1.27. The summed E-state index contributed by atoms with van der Waals surface area (Å²) in [5, 5.41) is 2.41. The van der Waals surface area contributed by atoms with Gasteiger partial charge in [0.2, 0.25) is 5.91 Å². The highest BCUT2D eigenvalue weighted by atomic mass is 35.5. The van der Waals surface area contributed by atoms with Gasteiger partial charge in [-0.05, 0) is 22.3 Å². The number of hydrogen-bond acceptors (Lipinski definition) is 8. The smallest absolute Gasteiger partial charge is 0.356 e. The first-order chi connectivity index (χ1) is 21.4. The van der Waals surface area contributed by atoms with Crippen LogP contribution in [0.15, 0.2) is 112 Å². The summed E-state index contributed by atoms with van der Waals surface area (Å²) in [7, 11) is 0. The number of nitrogens with zero attached hydrogens (tertiary/aromatic N) is 1. The first-order valence-corrected chi connectivity index (χ1v) is 16.3. The van der Waals surface area contributed by atoms with Gasteiger partial charge < -0.3 is 14.8 Å². The second kappa shape index (κ2) is 13.3. The summed E-state index contributed by atoms with van der Waals surface area (Å²) < 4.78 is 11.2. The van der Waals surface area contributed by atoms with E-state index in [1.807, 2.05) is 91.0 Å². The molecule has 0 unspecified atom stereocenters. The van der Waals surface area contributed by atoms with Gasteiger partial charge in [0.05, 0.1) is 6.42 Å². The lowest BCUT2D eigenvalue weighted by Crippen LogP contribution is -2.70. The van der Waals surface area contributed by atoms with E-state index in [-0.39, 0.29) is 35.6 Å². The van der Waals surface area contributed by atoms with E-state index in [4.69, 9.17) is 21.1 Å². The third-order valence-corrected chi connectivity index (χ3v) is 10.4. The maximum atomic E-state index is 14.1. The maximum absolute atomic E-state index is 14.1. The van der Waals surface area contributed by atoms with Crippen molar-refractivity contribution in [3.05, 3.63) is 129 Å². The van der Waals surface area contributed by atoms with Crippen molar-refractivity contribution in [2.24, 2.45) is 0 Å². The largest absolute Gasteiger partial charge is 0.456 e. The van der Waals surface area contributed by atoms with Gasteiger partial charge in [-0.1, -0.05) is 103 Å². The molecule has 6 rings (SSSR count). The van der Waals surface area contributed by atoms with Crippen LogP contribution in [0.25, 0.3) is 0 Å². The zero-order valence-electron chi connectivity index (χ0n) is 23.3. The number of cyclic esters (lactones) is 1. The van der Waals surface area contributed by atoms with Crippen molar-refractivity contribution in [2.75, 3.05) is 18.1 Å². The maximum Gasteiger partial charge on any atom is 0.356 e. The molecule has 3 aliphatic heterocycles. The summed E-state index contributed by atoms with van der Waals surface area (Å²) in [5.41, 5.74) is 3.22. The van der Waals surface area contributed by atoms with Crippen molar-refractivity contribution in [3.63, 3.8) is 0 Å². The molecule has 8 nitrogen and oxygen atoms in total. The minimum Gasteiger partial charge on any atom is -0.456 e. The van der Waals surface area contributed by atoms with Crippen molar-refractivity contribution in [1.82, 2.24) is 10.2 Å². The zero-order valence-corrected chi connectivity index (χ0v) is 25.7. The SMILES string of the molecule is O=C(Cc1ccccc1)N[C@@H]1C(=O)N2C(C(=O)OC(c3ccccc3)c3ccccc3)=C(CSC3=C(Cl)C(=O)OC3)CS[C@@H]12. The summed E-state index contributed by atoms with van der Waals surface area (Å²) in [5.74, 6) is -1.18. The van der Waals surface area contributed by atoms with Crippen molar-refractivity contribution in [3.8, 4) is 0 Å². The average Bonchev–Trinajstić information content (AvgIpc) is 3.38. The van der Waals surface area contributed by atoms with Crippen molar-refractivity contribution < 1.29 is 28.7 Å². The van der Waals surface area contributed by atoms with Gasteiger partial charge in [0.25, 0.3) is 5.91 Å². The van der Waals surface area contributed by atoms with Crippen molar-refractivity contribution in [2.45, 2.75) is 23.9 Å². The highest BCUT2D eigenvalue weighted by molar-refractivity contribution is 8.03. The van der Waals surface area contributed by atoms with Gasteiger partial charge in [0, 0.05) is 16.4 Å². The number of thioether (sulfide) groups is 2. The molecule has 3 aromatic rings. The number of amides is 2. The summed E-state index contributed by atoms with van der Waals surface area (Å²) >= 11 is 8.88. The Labute approximate surface area is 267 Å². The fraction of sp³-hybridized carbons (Fsp3) is 0.212. The second-order valence-electron chi connectivity index (χ2n) is 10.3. The van der Waals surface area contributed by atoms with Gasteiger partial charge >= 0.3 is 11.9 Å². The van der Waals surface area contributed by atoms with E-state index in [2.05, 4.69) is 5.32 Å². The van der Waals surface area contributed by atoms with E-state index in [0.29, 0.717) is 22.0 Å². The minimum atomic E-state index is -0.773. The number of β-lactam (4-membered cyclic amide) rings is 1. The Morgan fingerprint density at radius 1 is 0.977 bits per heavy atom. The molecule has 3 aliphatic rings. The monoisotopic (exact) mass is 646 g/mol. The molecule has 44 heavy (non-hydrogen) atoms.